The van der Waals surface area contributed by atoms with Crippen LogP contribution in [0.1, 0.15) is 31.6 Å². The molecule has 1 aliphatic heterocycles. The molecule has 1 aliphatic rings. The molecule has 2 N–H and O–H groups in total. The van der Waals surface area contributed by atoms with Crippen molar-refractivity contribution in [1.29, 1.82) is 0 Å². The Kier molecular flexibility index (Phi) is 9.17. The Morgan fingerprint density at radius 3 is 2.52 bits per heavy atom. The number of aliphatic hydroxyl groups is 2. The fourth-order valence-electron chi connectivity index (χ4n) is 1.98. The molecule has 0 aliphatic carbocycles. The van der Waals surface area contributed by atoms with E-state index in [1.165, 1.54) is 6.42 Å². The maximum absolute atomic E-state index is 10.5. The molecule has 21 heavy (non-hydrogen) atoms. The van der Waals surface area contributed by atoms with E-state index < -0.39 is 13.0 Å². The van der Waals surface area contributed by atoms with Crippen molar-refractivity contribution in [2.45, 2.75) is 32.2 Å². The second-order valence-corrected chi connectivity index (χ2v) is 5.15. The zero-order valence-corrected chi connectivity index (χ0v) is 12.5. The minimum atomic E-state index is -0.848. The van der Waals surface area contributed by atoms with E-state index in [0.717, 1.165) is 18.6 Å². The van der Waals surface area contributed by atoms with Crippen molar-refractivity contribution < 1.29 is 24.1 Å². The van der Waals surface area contributed by atoms with E-state index in [0.29, 0.717) is 12.5 Å². The summed E-state index contributed by atoms with van der Waals surface area (Å²) in [6, 6.07) is 9.41. The number of aliphatic hydroxyl groups excluding tert-OH is 2. The Balaban J connectivity index is 0.000000491. The van der Waals surface area contributed by atoms with Crippen molar-refractivity contribution >= 4 is 0 Å². The molecule has 1 saturated heterocycles. The van der Waals surface area contributed by atoms with E-state index >= 15 is 0 Å². The Bertz CT molecular complexity index is 351. The van der Waals surface area contributed by atoms with E-state index in [9.17, 15) is 9.50 Å². The van der Waals surface area contributed by atoms with E-state index in [-0.39, 0.29) is 12.7 Å². The number of benzene rings is 1. The van der Waals surface area contributed by atoms with Crippen LogP contribution in [0.4, 0.5) is 4.39 Å². The van der Waals surface area contributed by atoms with Gasteiger partial charge < -0.3 is 19.7 Å². The first kappa shape index (κ1) is 18.0. The first-order chi connectivity index (χ1) is 10.2. The molecule has 1 aromatic carbocycles. The third-order valence-corrected chi connectivity index (χ3v) is 3.21. The maximum atomic E-state index is 10.5. The van der Waals surface area contributed by atoms with Gasteiger partial charge in [0.05, 0.1) is 19.3 Å². The number of hydrogen-bond acceptors (Lipinski definition) is 4. The Morgan fingerprint density at radius 1 is 1.33 bits per heavy atom. The Morgan fingerprint density at radius 2 is 2.00 bits per heavy atom. The molecule has 0 amide bonds. The van der Waals surface area contributed by atoms with E-state index in [2.05, 4.69) is 6.92 Å². The van der Waals surface area contributed by atoms with Crippen molar-refractivity contribution in [3.8, 4) is 0 Å². The summed E-state index contributed by atoms with van der Waals surface area (Å²) in [4.78, 5) is 0. The largest absolute Gasteiger partial charge is 0.394 e. The van der Waals surface area contributed by atoms with Gasteiger partial charge in [-0.15, -0.1) is 0 Å². The van der Waals surface area contributed by atoms with Crippen LogP contribution in [-0.2, 0) is 9.47 Å². The highest BCUT2D eigenvalue weighted by atomic mass is 19.1. The second kappa shape index (κ2) is 10.7. The summed E-state index contributed by atoms with van der Waals surface area (Å²) < 4.78 is 21.5. The molecule has 5 heteroatoms. The lowest BCUT2D eigenvalue weighted by Gasteiger charge is -2.27. The predicted molar refractivity (Wildman–Crippen MR) is 78.6 cm³/mol. The quantitative estimate of drug-likeness (QED) is 0.820. The second-order valence-electron chi connectivity index (χ2n) is 5.15. The van der Waals surface area contributed by atoms with Crippen LogP contribution < -0.4 is 0 Å². The van der Waals surface area contributed by atoms with Gasteiger partial charge in [-0.25, -0.2) is 4.39 Å². The third-order valence-electron chi connectivity index (χ3n) is 3.21. The maximum Gasteiger partial charge on any atom is 0.181 e. The normalized spacial score (nSPS) is 23.0. The molecule has 0 aromatic heterocycles. The minimum absolute atomic E-state index is 0.129. The van der Waals surface area contributed by atoms with Crippen LogP contribution in [0.5, 0.6) is 0 Å². The summed E-state index contributed by atoms with van der Waals surface area (Å²) >= 11 is 0. The Hall–Kier alpha value is -1.01. The van der Waals surface area contributed by atoms with Gasteiger partial charge in [-0.1, -0.05) is 37.3 Å². The van der Waals surface area contributed by atoms with Crippen molar-refractivity contribution in [2.24, 2.45) is 5.92 Å². The van der Waals surface area contributed by atoms with Crippen LogP contribution >= 0.6 is 0 Å². The molecule has 0 spiro atoms. The average molecular weight is 300 g/mol. The van der Waals surface area contributed by atoms with Gasteiger partial charge in [0.25, 0.3) is 0 Å². The summed E-state index contributed by atoms with van der Waals surface area (Å²) in [5.41, 5.74) is 0.789. The summed E-state index contributed by atoms with van der Waals surface area (Å²) in [6.45, 7) is 2.48. The van der Waals surface area contributed by atoms with E-state index in [4.69, 9.17) is 14.6 Å². The summed E-state index contributed by atoms with van der Waals surface area (Å²) in [6.07, 6.45) is 1.47. The van der Waals surface area contributed by atoms with Gasteiger partial charge in [-0.05, 0) is 18.8 Å². The lowest BCUT2D eigenvalue weighted by atomic mass is 10.0. The first-order valence-corrected chi connectivity index (χ1v) is 7.30. The lowest BCUT2D eigenvalue weighted by Crippen LogP contribution is -2.29. The highest BCUT2D eigenvalue weighted by molar-refractivity contribution is 5.15. The molecular weight excluding hydrogens is 275 g/mol. The zero-order valence-electron chi connectivity index (χ0n) is 12.5. The fourth-order valence-corrected chi connectivity index (χ4v) is 1.98. The number of alkyl halides is 1. The number of ether oxygens (including phenoxy) is 2. The highest BCUT2D eigenvalue weighted by Gasteiger charge is 2.20. The molecular formula is C16H25FO4. The molecule has 3 atom stereocenters. The molecule has 0 saturated carbocycles. The van der Waals surface area contributed by atoms with Crippen molar-refractivity contribution in [3.63, 3.8) is 0 Å². The smallest absolute Gasteiger partial charge is 0.181 e. The molecule has 4 nitrogen and oxygen atoms in total. The summed E-state index contributed by atoms with van der Waals surface area (Å²) in [5, 5.41) is 17.3. The number of halogens is 1. The van der Waals surface area contributed by atoms with Crippen LogP contribution in [0.25, 0.3) is 0 Å². The molecule has 0 radical (unpaired) electrons. The molecule has 1 aromatic rings. The van der Waals surface area contributed by atoms with Gasteiger partial charge in [-0.2, -0.15) is 0 Å². The topological polar surface area (TPSA) is 58.9 Å². The average Bonchev–Trinajstić information content (AvgIpc) is 2.55. The van der Waals surface area contributed by atoms with Crippen molar-refractivity contribution in [1.82, 2.24) is 0 Å². The number of rotatable bonds is 5. The van der Waals surface area contributed by atoms with Gasteiger partial charge in [-0.3, -0.25) is 0 Å². The van der Waals surface area contributed by atoms with Gasteiger partial charge in [0.15, 0.2) is 6.29 Å². The van der Waals surface area contributed by atoms with Crippen LogP contribution in [0.3, 0.4) is 0 Å². The standard InChI is InChI=1S/C14H20O3.C2H5FO/c1-11-7-8-13(16-9-11)10-17-14(15)12-5-3-2-4-6-12;3-1-2-4/h2-6,11,13-15H,7-10H2,1H3;4H,1-2H2/t11-,13?,14?;/m1./s1. The van der Waals surface area contributed by atoms with Crippen molar-refractivity contribution in [2.75, 3.05) is 26.5 Å². The van der Waals surface area contributed by atoms with Crippen LogP contribution in [-0.4, -0.2) is 42.8 Å². The van der Waals surface area contributed by atoms with Gasteiger partial charge in [0.1, 0.15) is 6.67 Å². The lowest BCUT2D eigenvalue weighted by molar-refractivity contribution is -0.145. The van der Waals surface area contributed by atoms with Gasteiger partial charge >= 0.3 is 0 Å². The highest BCUT2D eigenvalue weighted by Crippen LogP contribution is 2.20. The Labute approximate surface area is 125 Å². The molecule has 2 unspecified atom stereocenters. The molecule has 1 fully saturated rings. The zero-order chi connectivity index (χ0) is 15.5. The SMILES string of the molecule is C[C@@H]1CCC(COC(O)c2ccccc2)OC1.OCCF. The van der Waals surface area contributed by atoms with Gasteiger partial charge in [0.2, 0.25) is 0 Å². The van der Waals surface area contributed by atoms with Crippen LogP contribution in [0.2, 0.25) is 0 Å². The van der Waals surface area contributed by atoms with E-state index in [1.807, 2.05) is 30.3 Å². The first-order valence-electron chi connectivity index (χ1n) is 7.30. The molecule has 2 rings (SSSR count). The van der Waals surface area contributed by atoms with E-state index in [1.54, 1.807) is 0 Å². The minimum Gasteiger partial charge on any atom is -0.394 e. The molecule has 0 bridgehead atoms. The third kappa shape index (κ3) is 7.52. The number of hydrogen-bond donors (Lipinski definition) is 2. The molecule has 1 heterocycles. The van der Waals surface area contributed by atoms with Gasteiger partial charge in [0, 0.05) is 12.2 Å². The van der Waals surface area contributed by atoms with Crippen LogP contribution in [0, 0.1) is 5.92 Å². The molecule has 120 valence electrons. The van der Waals surface area contributed by atoms with Crippen molar-refractivity contribution in [3.05, 3.63) is 35.9 Å². The monoisotopic (exact) mass is 300 g/mol. The van der Waals surface area contributed by atoms with Crippen LogP contribution in [0.15, 0.2) is 30.3 Å². The summed E-state index contributed by atoms with van der Waals surface area (Å²) in [5.74, 6) is 0.644. The summed E-state index contributed by atoms with van der Waals surface area (Å²) in [7, 11) is 0. The predicted octanol–water partition coefficient (Wildman–Crippen LogP) is 2.46. The fraction of sp³-hybridized carbons (Fsp3) is 0.625.